The Kier molecular flexibility index (Phi) is 3.83. The summed E-state index contributed by atoms with van der Waals surface area (Å²) < 4.78 is 10.7. The Morgan fingerprint density at radius 3 is 2.71 bits per heavy atom. The maximum atomic E-state index is 11.2. The van der Waals surface area contributed by atoms with Crippen LogP contribution < -0.4 is 5.32 Å². The summed E-state index contributed by atoms with van der Waals surface area (Å²) in [6.07, 6.45) is 3.54. The third-order valence-corrected chi connectivity index (χ3v) is 3.15. The van der Waals surface area contributed by atoms with Gasteiger partial charge in [-0.2, -0.15) is 0 Å². The lowest BCUT2D eigenvalue weighted by Gasteiger charge is -2.27. The summed E-state index contributed by atoms with van der Waals surface area (Å²) in [5.41, 5.74) is 0. The normalized spacial score (nSPS) is 30.0. The molecule has 2 unspecified atom stereocenters. The quantitative estimate of drug-likeness (QED) is 0.728. The van der Waals surface area contributed by atoms with Crippen molar-refractivity contribution in [1.29, 1.82) is 0 Å². The van der Waals surface area contributed by atoms with Crippen LogP contribution in [0, 0.1) is 0 Å². The number of esters is 1. The van der Waals surface area contributed by atoms with Gasteiger partial charge in [0.05, 0.1) is 12.5 Å². The zero-order valence-electron chi connectivity index (χ0n) is 9.55. The van der Waals surface area contributed by atoms with E-state index in [0.717, 1.165) is 25.7 Å². The van der Waals surface area contributed by atoms with Crippen molar-refractivity contribution in [3.63, 3.8) is 0 Å². The maximum Gasteiger partial charge on any atom is 0.405 e. The summed E-state index contributed by atoms with van der Waals surface area (Å²) in [7, 11) is 0. The van der Waals surface area contributed by atoms with Gasteiger partial charge in [0.25, 0.3) is 0 Å². The molecule has 17 heavy (non-hydrogen) atoms. The molecule has 1 saturated heterocycles. The second kappa shape index (κ2) is 5.35. The fourth-order valence-electron chi connectivity index (χ4n) is 2.33. The molecule has 1 aliphatic heterocycles. The fraction of sp³-hybridized carbons (Fsp3) is 0.818. The molecule has 6 heteroatoms. The molecular formula is C11H17NO5. The van der Waals surface area contributed by atoms with Gasteiger partial charge in [0.15, 0.2) is 0 Å². The van der Waals surface area contributed by atoms with E-state index < -0.39 is 24.4 Å². The van der Waals surface area contributed by atoms with Gasteiger partial charge in [-0.25, -0.2) is 4.79 Å². The van der Waals surface area contributed by atoms with Gasteiger partial charge in [-0.1, -0.05) is 19.3 Å². The Morgan fingerprint density at radius 2 is 2.06 bits per heavy atom. The standard InChI is InChI=1S/C11H17NO5/c13-9-6-8(12-11(14)15)10(17-9)16-7-4-2-1-3-5-7/h7-8,10,12H,1-6H2,(H,14,15). The van der Waals surface area contributed by atoms with Crippen molar-refractivity contribution < 1.29 is 24.2 Å². The second-order valence-corrected chi connectivity index (χ2v) is 4.51. The molecule has 0 bridgehead atoms. The van der Waals surface area contributed by atoms with Crippen molar-refractivity contribution >= 4 is 12.1 Å². The van der Waals surface area contributed by atoms with Crippen molar-refractivity contribution in [2.75, 3.05) is 0 Å². The number of ether oxygens (including phenoxy) is 2. The van der Waals surface area contributed by atoms with Crippen molar-refractivity contribution in [2.45, 2.75) is 57.0 Å². The van der Waals surface area contributed by atoms with Crippen molar-refractivity contribution in [3.8, 4) is 0 Å². The molecule has 2 N–H and O–H groups in total. The summed E-state index contributed by atoms with van der Waals surface area (Å²) in [6, 6.07) is -0.582. The molecule has 0 aromatic rings. The number of cyclic esters (lactones) is 1. The maximum absolute atomic E-state index is 11.2. The number of nitrogens with one attached hydrogen (secondary N) is 1. The molecule has 2 aliphatic rings. The number of rotatable bonds is 3. The van der Waals surface area contributed by atoms with E-state index in [0.29, 0.717) is 0 Å². The van der Waals surface area contributed by atoms with E-state index in [9.17, 15) is 9.59 Å². The van der Waals surface area contributed by atoms with Crippen LogP contribution in [0.3, 0.4) is 0 Å². The zero-order chi connectivity index (χ0) is 12.3. The fourth-order valence-corrected chi connectivity index (χ4v) is 2.33. The van der Waals surface area contributed by atoms with Gasteiger partial charge < -0.3 is 19.9 Å². The molecule has 2 fully saturated rings. The van der Waals surface area contributed by atoms with Crippen LogP contribution in [-0.2, 0) is 14.3 Å². The first-order valence-corrected chi connectivity index (χ1v) is 5.99. The summed E-state index contributed by atoms with van der Waals surface area (Å²) in [4.78, 5) is 21.7. The van der Waals surface area contributed by atoms with Gasteiger partial charge in [0.1, 0.15) is 6.04 Å². The second-order valence-electron chi connectivity index (χ2n) is 4.51. The van der Waals surface area contributed by atoms with E-state index >= 15 is 0 Å². The summed E-state index contributed by atoms with van der Waals surface area (Å²) in [6.45, 7) is 0. The van der Waals surface area contributed by atoms with Crippen molar-refractivity contribution in [2.24, 2.45) is 0 Å². The topological polar surface area (TPSA) is 84.9 Å². The van der Waals surface area contributed by atoms with E-state index in [1.54, 1.807) is 0 Å². The molecule has 1 aliphatic carbocycles. The Morgan fingerprint density at radius 1 is 1.35 bits per heavy atom. The van der Waals surface area contributed by atoms with Crippen LogP contribution in [0.4, 0.5) is 4.79 Å². The first kappa shape index (κ1) is 12.2. The molecule has 0 radical (unpaired) electrons. The van der Waals surface area contributed by atoms with Gasteiger partial charge in [-0.15, -0.1) is 0 Å². The van der Waals surface area contributed by atoms with Gasteiger partial charge in [-0.05, 0) is 12.8 Å². The number of hydrogen-bond acceptors (Lipinski definition) is 4. The van der Waals surface area contributed by atoms with Crippen LogP contribution in [0.15, 0.2) is 0 Å². The van der Waals surface area contributed by atoms with E-state index in [1.165, 1.54) is 6.42 Å². The highest BCUT2D eigenvalue weighted by molar-refractivity contribution is 5.74. The molecule has 0 aromatic carbocycles. The largest absolute Gasteiger partial charge is 0.465 e. The molecule has 2 rings (SSSR count). The Labute approximate surface area is 99.3 Å². The van der Waals surface area contributed by atoms with Crippen LogP contribution >= 0.6 is 0 Å². The van der Waals surface area contributed by atoms with Crippen LogP contribution in [-0.4, -0.2) is 35.6 Å². The highest BCUT2D eigenvalue weighted by Crippen LogP contribution is 2.25. The van der Waals surface area contributed by atoms with Crippen molar-refractivity contribution in [1.82, 2.24) is 5.32 Å². The highest BCUT2D eigenvalue weighted by atomic mass is 16.7. The van der Waals surface area contributed by atoms with Crippen LogP contribution in [0.5, 0.6) is 0 Å². The molecule has 6 nitrogen and oxygen atoms in total. The number of carbonyl (C=O) groups excluding carboxylic acids is 1. The van der Waals surface area contributed by atoms with E-state index in [1.807, 2.05) is 0 Å². The minimum absolute atomic E-state index is 0.0453. The van der Waals surface area contributed by atoms with E-state index in [2.05, 4.69) is 5.32 Å². The zero-order valence-corrected chi connectivity index (χ0v) is 9.55. The summed E-state index contributed by atoms with van der Waals surface area (Å²) in [5, 5.41) is 10.9. The molecule has 96 valence electrons. The van der Waals surface area contributed by atoms with E-state index in [-0.39, 0.29) is 12.5 Å². The summed E-state index contributed by atoms with van der Waals surface area (Å²) >= 11 is 0. The molecule has 0 spiro atoms. The predicted molar refractivity (Wildman–Crippen MR) is 57.4 cm³/mol. The van der Waals surface area contributed by atoms with Crippen LogP contribution in [0.1, 0.15) is 38.5 Å². The summed E-state index contributed by atoms with van der Waals surface area (Å²) in [5.74, 6) is -0.412. The number of hydrogen-bond donors (Lipinski definition) is 2. The number of carbonyl (C=O) groups is 2. The lowest BCUT2D eigenvalue weighted by atomic mass is 9.98. The molecule has 0 aromatic heterocycles. The predicted octanol–water partition coefficient (Wildman–Crippen LogP) is 1.24. The lowest BCUT2D eigenvalue weighted by Crippen LogP contribution is -2.42. The van der Waals surface area contributed by atoms with Crippen LogP contribution in [0.25, 0.3) is 0 Å². The van der Waals surface area contributed by atoms with E-state index in [4.69, 9.17) is 14.6 Å². The highest BCUT2D eigenvalue weighted by Gasteiger charge is 2.38. The minimum Gasteiger partial charge on any atom is -0.465 e. The molecule has 1 heterocycles. The number of carboxylic acid groups (broad SMARTS) is 1. The Bertz CT molecular complexity index is 300. The third kappa shape index (κ3) is 3.33. The SMILES string of the molecule is O=C(O)NC1CC(=O)OC1OC1CCCCC1. The molecular weight excluding hydrogens is 226 g/mol. The first-order chi connectivity index (χ1) is 8.15. The third-order valence-electron chi connectivity index (χ3n) is 3.15. The van der Waals surface area contributed by atoms with Crippen LogP contribution in [0.2, 0.25) is 0 Å². The van der Waals surface area contributed by atoms with Crippen molar-refractivity contribution in [3.05, 3.63) is 0 Å². The van der Waals surface area contributed by atoms with Gasteiger partial charge >= 0.3 is 12.1 Å². The molecule has 1 amide bonds. The number of amides is 1. The molecule has 2 atom stereocenters. The Hall–Kier alpha value is -1.30. The Balaban J connectivity index is 1.88. The minimum atomic E-state index is -1.16. The average Bonchev–Trinajstić information content (AvgIpc) is 2.59. The average molecular weight is 243 g/mol. The smallest absolute Gasteiger partial charge is 0.405 e. The lowest BCUT2D eigenvalue weighted by molar-refractivity contribution is -0.178. The van der Waals surface area contributed by atoms with Gasteiger partial charge in [0, 0.05) is 0 Å². The first-order valence-electron chi connectivity index (χ1n) is 5.99. The molecule has 1 saturated carbocycles. The van der Waals surface area contributed by atoms with Gasteiger partial charge in [-0.3, -0.25) is 4.79 Å². The van der Waals surface area contributed by atoms with Gasteiger partial charge in [0.2, 0.25) is 6.29 Å². The monoisotopic (exact) mass is 243 g/mol.